The SMILES string of the molecule is CCCCCCCC[n+]1ccc(-c2cc[n+](CCCCCCCC)cc2OC(C)C)cc1. The molecule has 2 heterocycles. The van der Waals surface area contributed by atoms with E-state index < -0.39 is 0 Å². The maximum Gasteiger partial charge on any atom is 0.211 e. The Morgan fingerprint density at radius 1 is 0.656 bits per heavy atom. The van der Waals surface area contributed by atoms with E-state index >= 15 is 0 Å². The van der Waals surface area contributed by atoms with E-state index in [2.05, 4.69) is 79.8 Å². The summed E-state index contributed by atoms with van der Waals surface area (Å²) in [4.78, 5) is 0. The number of ether oxygens (including phenoxy) is 1. The van der Waals surface area contributed by atoms with Crippen molar-refractivity contribution in [1.82, 2.24) is 0 Å². The summed E-state index contributed by atoms with van der Waals surface area (Å²) in [5.74, 6) is 0.988. The summed E-state index contributed by atoms with van der Waals surface area (Å²) in [7, 11) is 0. The fourth-order valence-corrected chi connectivity index (χ4v) is 4.18. The van der Waals surface area contributed by atoms with Gasteiger partial charge in [-0.2, -0.15) is 0 Å². The van der Waals surface area contributed by atoms with Gasteiger partial charge in [0.25, 0.3) is 0 Å². The minimum absolute atomic E-state index is 0.167. The average molecular weight is 441 g/mol. The predicted molar refractivity (Wildman–Crippen MR) is 135 cm³/mol. The Hall–Kier alpha value is -1.90. The van der Waals surface area contributed by atoms with Crippen molar-refractivity contribution in [3.05, 3.63) is 43.0 Å². The molecule has 2 aromatic heterocycles. The van der Waals surface area contributed by atoms with Crippen LogP contribution < -0.4 is 13.9 Å². The number of nitrogens with zero attached hydrogens (tertiary/aromatic N) is 2. The Kier molecular flexibility index (Phi) is 13.0. The fourth-order valence-electron chi connectivity index (χ4n) is 4.18. The van der Waals surface area contributed by atoms with E-state index in [9.17, 15) is 0 Å². The lowest BCUT2D eigenvalue weighted by Crippen LogP contribution is -2.33. The predicted octanol–water partition coefficient (Wildman–Crippen LogP) is 7.44. The fraction of sp³-hybridized carbons (Fsp3) is 0.655. The monoisotopic (exact) mass is 440 g/mol. The standard InChI is InChI=1S/C29H48N2O/c1-5-7-9-11-13-15-20-30-22-17-27(18-23-30)28-19-24-31(25-29(28)32-26(3)4)21-16-14-12-10-8-6-2/h17-19,22-26H,5-16,20-21H2,1-4H3/q+2. The highest BCUT2D eigenvalue weighted by atomic mass is 16.5. The van der Waals surface area contributed by atoms with Crippen LogP contribution in [0.15, 0.2) is 43.0 Å². The summed E-state index contributed by atoms with van der Waals surface area (Å²) in [5, 5.41) is 0. The second kappa shape index (κ2) is 15.8. The number of hydrogen-bond donors (Lipinski definition) is 0. The smallest absolute Gasteiger partial charge is 0.211 e. The van der Waals surface area contributed by atoms with Gasteiger partial charge in [-0.05, 0) is 32.3 Å². The van der Waals surface area contributed by atoms with Crippen molar-refractivity contribution in [3.63, 3.8) is 0 Å². The number of unbranched alkanes of at least 4 members (excludes halogenated alkanes) is 10. The highest BCUT2D eigenvalue weighted by molar-refractivity contribution is 5.68. The lowest BCUT2D eigenvalue weighted by atomic mass is 10.1. The van der Waals surface area contributed by atoms with Crippen LogP contribution in [0.25, 0.3) is 11.1 Å². The van der Waals surface area contributed by atoms with Crippen LogP contribution in [0.1, 0.15) is 105 Å². The first-order valence-corrected chi connectivity index (χ1v) is 13.3. The number of pyridine rings is 2. The molecular weight excluding hydrogens is 392 g/mol. The van der Waals surface area contributed by atoms with E-state index in [4.69, 9.17) is 4.74 Å². The topological polar surface area (TPSA) is 17.0 Å². The van der Waals surface area contributed by atoms with E-state index in [0.29, 0.717) is 0 Å². The van der Waals surface area contributed by atoms with Crippen LogP contribution in [0.3, 0.4) is 0 Å². The Morgan fingerprint density at radius 2 is 1.16 bits per heavy atom. The molecule has 178 valence electrons. The Labute approximate surface area is 197 Å². The molecular formula is C29H48N2O+2. The van der Waals surface area contributed by atoms with Gasteiger partial charge in [-0.3, -0.25) is 0 Å². The zero-order valence-electron chi connectivity index (χ0n) is 21.3. The number of rotatable bonds is 17. The maximum absolute atomic E-state index is 6.21. The van der Waals surface area contributed by atoms with Crippen LogP contribution in [-0.2, 0) is 13.1 Å². The Morgan fingerprint density at radius 3 is 1.72 bits per heavy atom. The largest absolute Gasteiger partial charge is 0.484 e. The van der Waals surface area contributed by atoms with Gasteiger partial charge in [0.15, 0.2) is 24.3 Å². The summed E-state index contributed by atoms with van der Waals surface area (Å²) in [6.45, 7) is 10.9. The van der Waals surface area contributed by atoms with Crippen LogP contribution in [0, 0.1) is 0 Å². The highest BCUT2D eigenvalue weighted by Gasteiger charge is 2.15. The molecule has 0 N–H and O–H groups in total. The minimum Gasteiger partial charge on any atom is -0.484 e. The number of aromatic nitrogens is 2. The molecule has 3 heteroatoms. The normalized spacial score (nSPS) is 11.3. The van der Waals surface area contributed by atoms with Gasteiger partial charge in [-0.1, -0.05) is 65.2 Å². The molecule has 0 aliphatic rings. The van der Waals surface area contributed by atoms with Crippen molar-refractivity contribution in [3.8, 4) is 16.9 Å². The summed E-state index contributed by atoms with van der Waals surface area (Å²) in [6, 6.07) is 6.69. The van der Waals surface area contributed by atoms with Gasteiger partial charge in [0.05, 0.1) is 6.10 Å². The zero-order valence-corrected chi connectivity index (χ0v) is 21.3. The molecule has 0 aliphatic carbocycles. The van der Waals surface area contributed by atoms with Crippen molar-refractivity contribution in [2.45, 2.75) is 124 Å². The van der Waals surface area contributed by atoms with Crippen LogP contribution in [0.5, 0.6) is 5.75 Å². The highest BCUT2D eigenvalue weighted by Crippen LogP contribution is 2.28. The van der Waals surface area contributed by atoms with E-state index in [1.807, 2.05) is 0 Å². The molecule has 2 aromatic rings. The van der Waals surface area contributed by atoms with Gasteiger partial charge in [0.1, 0.15) is 13.1 Å². The average Bonchev–Trinajstić information content (AvgIpc) is 2.79. The van der Waals surface area contributed by atoms with Crippen LogP contribution in [-0.4, -0.2) is 6.10 Å². The Balaban J connectivity index is 1.95. The molecule has 0 unspecified atom stereocenters. The lowest BCUT2D eigenvalue weighted by Gasteiger charge is -2.13. The lowest BCUT2D eigenvalue weighted by molar-refractivity contribution is -0.697. The third kappa shape index (κ3) is 10.1. The molecule has 0 radical (unpaired) electrons. The summed E-state index contributed by atoms with van der Waals surface area (Å²) in [6.07, 6.45) is 25.0. The van der Waals surface area contributed by atoms with Crippen LogP contribution in [0.2, 0.25) is 0 Å². The molecule has 0 spiro atoms. The van der Waals surface area contributed by atoms with Crippen LogP contribution in [0.4, 0.5) is 0 Å². The van der Waals surface area contributed by atoms with E-state index in [1.165, 1.54) is 88.2 Å². The second-order valence-electron chi connectivity index (χ2n) is 9.49. The molecule has 2 rings (SSSR count). The first kappa shape index (κ1) is 26.4. The molecule has 0 amide bonds. The van der Waals surface area contributed by atoms with Gasteiger partial charge in [0.2, 0.25) is 6.20 Å². The molecule has 0 bridgehead atoms. The number of hydrogen-bond acceptors (Lipinski definition) is 1. The van der Waals surface area contributed by atoms with Crippen molar-refractivity contribution in [1.29, 1.82) is 0 Å². The van der Waals surface area contributed by atoms with E-state index in [1.54, 1.807) is 0 Å². The third-order valence-electron chi connectivity index (χ3n) is 6.09. The quantitative estimate of drug-likeness (QED) is 0.184. The first-order valence-electron chi connectivity index (χ1n) is 13.3. The molecule has 32 heavy (non-hydrogen) atoms. The van der Waals surface area contributed by atoms with E-state index in [0.717, 1.165) is 18.8 Å². The zero-order chi connectivity index (χ0) is 23.0. The molecule has 0 fully saturated rings. The van der Waals surface area contributed by atoms with E-state index in [-0.39, 0.29) is 6.10 Å². The summed E-state index contributed by atoms with van der Waals surface area (Å²) in [5.41, 5.74) is 2.41. The minimum atomic E-state index is 0.167. The second-order valence-corrected chi connectivity index (χ2v) is 9.49. The van der Waals surface area contributed by atoms with Gasteiger partial charge in [-0.15, -0.1) is 0 Å². The van der Waals surface area contributed by atoms with Crippen molar-refractivity contribution in [2.24, 2.45) is 0 Å². The summed E-state index contributed by atoms with van der Waals surface area (Å²) < 4.78 is 10.8. The molecule has 0 aliphatic heterocycles. The van der Waals surface area contributed by atoms with Crippen molar-refractivity contribution < 1.29 is 13.9 Å². The maximum atomic E-state index is 6.21. The Bertz CT molecular complexity index is 739. The number of aryl methyl sites for hydroxylation is 2. The van der Waals surface area contributed by atoms with Gasteiger partial charge >= 0.3 is 0 Å². The van der Waals surface area contributed by atoms with Gasteiger partial charge in [0, 0.05) is 36.6 Å². The third-order valence-corrected chi connectivity index (χ3v) is 6.09. The molecule has 0 saturated carbocycles. The summed E-state index contributed by atoms with van der Waals surface area (Å²) >= 11 is 0. The van der Waals surface area contributed by atoms with Crippen molar-refractivity contribution in [2.75, 3.05) is 0 Å². The molecule has 3 nitrogen and oxygen atoms in total. The van der Waals surface area contributed by atoms with Gasteiger partial charge in [-0.25, -0.2) is 9.13 Å². The van der Waals surface area contributed by atoms with Crippen LogP contribution >= 0.6 is 0 Å². The molecule has 0 aromatic carbocycles. The van der Waals surface area contributed by atoms with Crippen molar-refractivity contribution >= 4 is 0 Å². The first-order chi connectivity index (χ1) is 15.6. The molecule has 0 atom stereocenters. The van der Waals surface area contributed by atoms with Gasteiger partial charge < -0.3 is 4.74 Å². The molecule has 0 saturated heterocycles.